The summed E-state index contributed by atoms with van der Waals surface area (Å²) < 4.78 is 41.4. The number of piperidine rings is 1. The van der Waals surface area contributed by atoms with Gasteiger partial charge in [0.25, 0.3) is 0 Å². The molecular weight excluding hydrogens is 626 g/mol. The van der Waals surface area contributed by atoms with Crippen LogP contribution in [-0.2, 0) is 33.9 Å². The normalized spacial score (nSPS) is 33.4. The Bertz CT molecular complexity index is 1340. The van der Waals surface area contributed by atoms with Crippen LogP contribution in [0.15, 0.2) is 12.1 Å². The summed E-state index contributed by atoms with van der Waals surface area (Å²) in [6, 6.07) is 4.23. The topological polar surface area (TPSA) is 105 Å². The first-order chi connectivity index (χ1) is 23.3. The molecule has 4 aliphatic carbocycles. The molecule has 4 unspecified atom stereocenters. The van der Waals surface area contributed by atoms with Gasteiger partial charge in [-0.15, -0.1) is 0 Å². The maximum absolute atomic E-state index is 13.1. The summed E-state index contributed by atoms with van der Waals surface area (Å²) in [7, 11) is 3.44. The van der Waals surface area contributed by atoms with Crippen molar-refractivity contribution < 1.29 is 43.1 Å². The van der Waals surface area contributed by atoms with Crippen LogP contribution in [0.3, 0.4) is 0 Å². The van der Waals surface area contributed by atoms with Crippen molar-refractivity contribution in [2.75, 3.05) is 73.6 Å². The lowest BCUT2D eigenvalue weighted by molar-refractivity contribution is -0.309. The number of methoxy groups -OCH3 is 2. The molecule has 1 aromatic rings. The summed E-state index contributed by atoms with van der Waals surface area (Å²) >= 11 is 0. The van der Waals surface area contributed by atoms with E-state index >= 15 is 0 Å². The number of esters is 1. The molecule has 7 atom stereocenters. The summed E-state index contributed by atoms with van der Waals surface area (Å²) in [4.78, 5) is 15.9. The highest BCUT2D eigenvalue weighted by Crippen LogP contribution is 2.76. The Kier molecular flexibility index (Phi) is 10.5. The second kappa shape index (κ2) is 14.0. The Morgan fingerprint density at radius 3 is 2.29 bits per heavy atom. The van der Waals surface area contributed by atoms with Crippen LogP contribution >= 0.6 is 0 Å². The highest BCUT2D eigenvalue weighted by Gasteiger charge is 2.81. The Labute approximate surface area is 293 Å². The van der Waals surface area contributed by atoms with Gasteiger partial charge in [0.15, 0.2) is 11.5 Å². The van der Waals surface area contributed by atoms with E-state index in [0.29, 0.717) is 50.6 Å². The van der Waals surface area contributed by atoms with Gasteiger partial charge in [-0.3, -0.25) is 4.90 Å². The fraction of sp³-hybridized carbons (Fsp3) is 0.821. The van der Waals surface area contributed by atoms with Gasteiger partial charge in [0.05, 0.1) is 45.2 Å². The summed E-state index contributed by atoms with van der Waals surface area (Å²) in [5, 5.41) is 12.5. The average molecular weight is 688 g/mol. The zero-order valence-electron chi connectivity index (χ0n) is 31.2. The number of likely N-dealkylation sites (tertiary alicyclic amines) is 1. The Hall–Kier alpha value is -1.79. The molecule has 5 fully saturated rings. The van der Waals surface area contributed by atoms with Crippen LogP contribution in [0.1, 0.15) is 84.3 Å². The quantitative estimate of drug-likeness (QED) is 0.144. The van der Waals surface area contributed by atoms with Gasteiger partial charge in [-0.2, -0.15) is 0 Å². The highest BCUT2D eigenvalue weighted by molar-refractivity contribution is 5.75. The molecule has 10 heteroatoms. The van der Waals surface area contributed by atoms with Crippen molar-refractivity contribution in [2.45, 2.75) is 109 Å². The number of ether oxygens (including phenoxy) is 7. The van der Waals surface area contributed by atoms with Gasteiger partial charge in [0, 0.05) is 43.7 Å². The average Bonchev–Trinajstić information content (AvgIpc) is 3.81. The predicted octanol–water partition coefficient (Wildman–Crippen LogP) is 5.08. The summed E-state index contributed by atoms with van der Waals surface area (Å²) in [5.74, 6) is 1.24. The molecule has 7 rings (SSSR count). The number of carbonyl (C=O) groups excluding carboxylic acids is 1. The van der Waals surface area contributed by atoms with E-state index in [2.05, 4.69) is 45.6 Å². The minimum Gasteiger partial charge on any atom is -0.482 e. The van der Waals surface area contributed by atoms with E-state index < -0.39 is 17.2 Å². The summed E-state index contributed by atoms with van der Waals surface area (Å²) in [6.07, 6.45) is 5.92. The van der Waals surface area contributed by atoms with Crippen LogP contribution < -0.4 is 9.47 Å². The van der Waals surface area contributed by atoms with Crippen molar-refractivity contribution in [1.29, 1.82) is 0 Å². The van der Waals surface area contributed by atoms with E-state index in [1.54, 1.807) is 14.2 Å². The van der Waals surface area contributed by atoms with Crippen LogP contribution in [0.4, 0.5) is 0 Å². The number of benzene rings is 1. The molecule has 0 aromatic heterocycles. The third-order valence-corrected chi connectivity index (χ3v) is 13.4. The Balaban J connectivity index is 1.27. The van der Waals surface area contributed by atoms with E-state index in [1.165, 1.54) is 12.8 Å². The molecule has 0 radical (unpaired) electrons. The molecular formula is C39H61NO9. The van der Waals surface area contributed by atoms with E-state index in [4.69, 9.17) is 33.2 Å². The van der Waals surface area contributed by atoms with Gasteiger partial charge in [-0.25, -0.2) is 4.79 Å². The van der Waals surface area contributed by atoms with Crippen LogP contribution in [-0.4, -0.2) is 113 Å². The fourth-order valence-electron chi connectivity index (χ4n) is 10.2. The highest BCUT2D eigenvalue weighted by atomic mass is 16.6. The molecule has 1 N–H and O–H groups in total. The molecule has 49 heavy (non-hydrogen) atoms. The zero-order chi connectivity index (χ0) is 35.2. The first-order valence-corrected chi connectivity index (χ1v) is 18.5. The number of hydrogen-bond acceptors (Lipinski definition) is 10. The van der Waals surface area contributed by atoms with Gasteiger partial charge in [-0.1, -0.05) is 26.8 Å². The van der Waals surface area contributed by atoms with Crippen LogP contribution in [0, 0.1) is 29.6 Å². The van der Waals surface area contributed by atoms with Crippen molar-refractivity contribution in [3.8, 4) is 11.5 Å². The standard InChI is InChI=1S/C39H61NO9/c1-26-9-12-29(48-31(41)25-47-22-21-46-20-19-45-18-17-43-7)33-32(26)38-15-16-40(24-28-10-11-28)27(2)37(38)13-14-39(44-8,34(38)49-33)30(23-37)36(6,42)35(3,4)5/h9,12,27-28,30,34,42H,10-11,13-25H2,1-8H3/t27?,30?,34-,36?,37-,38?,39-/m1/s1. The predicted molar refractivity (Wildman–Crippen MR) is 185 cm³/mol. The van der Waals surface area contributed by atoms with Crippen molar-refractivity contribution in [1.82, 2.24) is 4.90 Å². The van der Waals surface area contributed by atoms with E-state index in [1.807, 2.05) is 13.0 Å². The zero-order valence-corrected chi connectivity index (χ0v) is 31.2. The Morgan fingerprint density at radius 2 is 1.65 bits per heavy atom. The van der Waals surface area contributed by atoms with Gasteiger partial charge in [-0.05, 0) is 94.2 Å². The van der Waals surface area contributed by atoms with Gasteiger partial charge >= 0.3 is 5.97 Å². The third kappa shape index (κ3) is 6.15. The van der Waals surface area contributed by atoms with Crippen LogP contribution in [0.5, 0.6) is 11.5 Å². The van der Waals surface area contributed by atoms with Crippen molar-refractivity contribution in [3.05, 3.63) is 23.3 Å². The SMILES string of the molecule is COCCOCCOCCOCC(=O)Oc1ccc(C)c2c1O[C@@H]1C23CCN(CC2CC2)C(C)[C@]32CC[C@@]1(OC)C(C(C)(O)C(C)(C)C)C2. The van der Waals surface area contributed by atoms with Gasteiger partial charge < -0.3 is 38.3 Å². The number of nitrogens with zero attached hydrogens (tertiary/aromatic N) is 1. The number of aryl methyl sites for hydroxylation is 1. The van der Waals surface area contributed by atoms with E-state index in [0.717, 1.165) is 55.8 Å². The molecule has 10 nitrogen and oxygen atoms in total. The number of aliphatic hydroxyl groups is 1. The van der Waals surface area contributed by atoms with Gasteiger partial charge in [0.1, 0.15) is 18.3 Å². The fourth-order valence-corrected chi connectivity index (χ4v) is 10.2. The third-order valence-electron chi connectivity index (χ3n) is 13.4. The lowest BCUT2D eigenvalue weighted by atomic mass is 9.35. The summed E-state index contributed by atoms with van der Waals surface area (Å²) in [6.45, 7) is 17.5. The molecule has 2 heterocycles. The molecule has 276 valence electrons. The van der Waals surface area contributed by atoms with Crippen LogP contribution in [0.25, 0.3) is 0 Å². The lowest BCUT2D eigenvalue weighted by Crippen LogP contribution is -2.81. The lowest BCUT2D eigenvalue weighted by Gasteiger charge is -2.74. The maximum Gasteiger partial charge on any atom is 0.337 e. The molecule has 6 aliphatic rings. The minimum atomic E-state index is -1.01. The molecule has 2 spiro atoms. The maximum atomic E-state index is 13.1. The summed E-state index contributed by atoms with van der Waals surface area (Å²) in [5.41, 5.74) is -0.273. The van der Waals surface area contributed by atoms with Crippen molar-refractivity contribution in [2.24, 2.45) is 22.7 Å². The number of hydrogen-bond donors (Lipinski definition) is 1. The second-order valence-electron chi connectivity index (χ2n) is 16.6. The van der Waals surface area contributed by atoms with Gasteiger partial charge in [0.2, 0.25) is 0 Å². The van der Waals surface area contributed by atoms with E-state index in [9.17, 15) is 9.90 Å². The molecule has 1 saturated heterocycles. The molecule has 0 amide bonds. The first-order valence-electron chi connectivity index (χ1n) is 18.5. The smallest absolute Gasteiger partial charge is 0.337 e. The van der Waals surface area contributed by atoms with Crippen LogP contribution in [0.2, 0.25) is 0 Å². The molecule has 1 aromatic carbocycles. The monoisotopic (exact) mass is 687 g/mol. The number of rotatable bonds is 16. The van der Waals surface area contributed by atoms with Crippen molar-refractivity contribution >= 4 is 5.97 Å². The Morgan fingerprint density at radius 1 is 0.980 bits per heavy atom. The van der Waals surface area contributed by atoms with E-state index in [-0.39, 0.29) is 41.5 Å². The number of carbonyl (C=O) groups is 1. The van der Waals surface area contributed by atoms with Crippen molar-refractivity contribution in [3.63, 3.8) is 0 Å². The molecule has 2 bridgehead atoms. The minimum absolute atomic E-state index is 0.145. The second-order valence-corrected chi connectivity index (χ2v) is 16.6. The number of fused-ring (bicyclic) bond motifs is 3. The first kappa shape index (κ1) is 37.0. The molecule has 4 saturated carbocycles. The largest absolute Gasteiger partial charge is 0.482 e. The molecule has 2 aliphatic heterocycles.